The van der Waals surface area contributed by atoms with Gasteiger partial charge in [-0.1, -0.05) is 31.9 Å². The molecule has 110 valence electrons. The van der Waals surface area contributed by atoms with Crippen LogP contribution in [0.3, 0.4) is 0 Å². The maximum absolute atomic E-state index is 14.1. The monoisotopic (exact) mass is 277 g/mol. The third kappa shape index (κ3) is 3.57. The van der Waals surface area contributed by atoms with Crippen molar-refractivity contribution in [2.45, 2.75) is 51.6 Å². The normalized spacial score (nSPS) is 20.6. The van der Waals surface area contributed by atoms with Gasteiger partial charge in [-0.3, -0.25) is 10.3 Å². The van der Waals surface area contributed by atoms with E-state index in [1.165, 1.54) is 31.7 Å². The number of rotatable bonds is 4. The SMILES string of the molecule is CCC1CCCCCN1Cc1ccc(C(=N)N)cc1F. The number of hydrogen-bond donors (Lipinski definition) is 2. The highest BCUT2D eigenvalue weighted by Crippen LogP contribution is 2.22. The quantitative estimate of drug-likeness (QED) is 0.655. The number of nitrogens with two attached hydrogens (primary N) is 1. The summed E-state index contributed by atoms with van der Waals surface area (Å²) in [6.45, 7) is 3.91. The Morgan fingerprint density at radius 2 is 2.20 bits per heavy atom. The Morgan fingerprint density at radius 1 is 1.40 bits per heavy atom. The van der Waals surface area contributed by atoms with E-state index in [9.17, 15) is 4.39 Å². The molecule has 0 radical (unpaired) electrons. The first kappa shape index (κ1) is 15.0. The van der Waals surface area contributed by atoms with Crippen molar-refractivity contribution in [3.05, 3.63) is 35.1 Å². The zero-order valence-electron chi connectivity index (χ0n) is 12.2. The molecule has 1 aromatic carbocycles. The summed E-state index contributed by atoms with van der Waals surface area (Å²) in [5.74, 6) is -0.339. The summed E-state index contributed by atoms with van der Waals surface area (Å²) in [7, 11) is 0. The van der Waals surface area contributed by atoms with Gasteiger partial charge in [0.2, 0.25) is 0 Å². The molecule has 0 bridgehead atoms. The fourth-order valence-electron chi connectivity index (χ4n) is 2.97. The topological polar surface area (TPSA) is 53.1 Å². The Kier molecular flexibility index (Phi) is 5.12. The van der Waals surface area contributed by atoms with Crippen LogP contribution in [-0.2, 0) is 6.54 Å². The summed E-state index contributed by atoms with van der Waals surface area (Å²) in [5, 5.41) is 7.35. The van der Waals surface area contributed by atoms with Gasteiger partial charge in [0.05, 0.1) is 0 Å². The molecule has 1 aromatic rings. The number of likely N-dealkylation sites (tertiary alicyclic amines) is 1. The molecule has 3 nitrogen and oxygen atoms in total. The minimum absolute atomic E-state index is 0.0864. The van der Waals surface area contributed by atoms with Crippen molar-refractivity contribution >= 4 is 5.84 Å². The number of nitrogens with zero attached hydrogens (tertiary/aromatic N) is 1. The molecule has 2 rings (SSSR count). The lowest BCUT2D eigenvalue weighted by molar-refractivity contribution is 0.184. The Hall–Kier alpha value is -1.42. The number of nitrogens with one attached hydrogen (secondary N) is 1. The minimum atomic E-state index is -0.253. The molecule has 1 atom stereocenters. The zero-order valence-corrected chi connectivity index (χ0v) is 12.2. The molecule has 1 aliphatic heterocycles. The number of amidine groups is 1. The molecule has 0 saturated carbocycles. The van der Waals surface area contributed by atoms with E-state index in [2.05, 4.69) is 11.8 Å². The molecular weight excluding hydrogens is 253 g/mol. The largest absolute Gasteiger partial charge is 0.384 e. The highest BCUT2D eigenvalue weighted by Gasteiger charge is 2.20. The van der Waals surface area contributed by atoms with Gasteiger partial charge in [0.1, 0.15) is 11.7 Å². The van der Waals surface area contributed by atoms with Crippen molar-refractivity contribution in [3.63, 3.8) is 0 Å². The van der Waals surface area contributed by atoms with Crippen LogP contribution < -0.4 is 5.73 Å². The Labute approximate surface area is 120 Å². The van der Waals surface area contributed by atoms with Crippen molar-refractivity contribution in [2.75, 3.05) is 6.54 Å². The van der Waals surface area contributed by atoms with Crippen molar-refractivity contribution in [3.8, 4) is 0 Å². The van der Waals surface area contributed by atoms with Gasteiger partial charge in [-0.25, -0.2) is 4.39 Å². The smallest absolute Gasteiger partial charge is 0.128 e. The molecular formula is C16H24FN3. The van der Waals surface area contributed by atoms with E-state index in [0.29, 0.717) is 23.7 Å². The Balaban J connectivity index is 2.13. The Morgan fingerprint density at radius 3 is 2.85 bits per heavy atom. The third-order valence-corrected chi connectivity index (χ3v) is 4.21. The maximum Gasteiger partial charge on any atom is 0.128 e. The van der Waals surface area contributed by atoms with E-state index >= 15 is 0 Å². The molecule has 1 saturated heterocycles. The van der Waals surface area contributed by atoms with Crippen LogP contribution in [-0.4, -0.2) is 23.3 Å². The van der Waals surface area contributed by atoms with Gasteiger partial charge < -0.3 is 5.73 Å². The molecule has 20 heavy (non-hydrogen) atoms. The van der Waals surface area contributed by atoms with Crippen LogP contribution in [0.1, 0.15) is 50.2 Å². The van der Waals surface area contributed by atoms with Crippen molar-refractivity contribution in [1.82, 2.24) is 4.90 Å². The molecule has 3 N–H and O–H groups in total. The van der Waals surface area contributed by atoms with Crippen LogP contribution in [0.2, 0.25) is 0 Å². The second kappa shape index (κ2) is 6.84. The summed E-state index contributed by atoms with van der Waals surface area (Å²) >= 11 is 0. The first-order valence-electron chi connectivity index (χ1n) is 7.48. The van der Waals surface area contributed by atoms with Gasteiger partial charge in [-0.05, 0) is 31.9 Å². The number of hydrogen-bond acceptors (Lipinski definition) is 2. The van der Waals surface area contributed by atoms with E-state index < -0.39 is 0 Å². The second-order valence-corrected chi connectivity index (χ2v) is 5.60. The summed E-state index contributed by atoms with van der Waals surface area (Å²) in [4.78, 5) is 2.40. The number of nitrogen functional groups attached to an aromatic ring is 1. The van der Waals surface area contributed by atoms with Crippen LogP contribution in [0.5, 0.6) is 0 Å². The average molecular weight is 277 g/mol. The van der Waals surface area contributed by atoms with Gasteiger partial charge in [0.25, 0.3) is 0 Å². The van der Waals surface area contributed by atoms with Crippen LogP contribution in [0.25, 0.3) is 0 Å². The lowest BCUT2D eigenvalue weighted by atomic mass is 10.1. The van der Waals surface area contributed by atoms with Crippen molar-refractivity contribution in [2.24, 2.45) is 5.73 Å². The fraction of sp³-hybridized carbons (Fsp3) is 0.562. The lowest BCUT2D eigenvalue weighted by Crippen LogP contribution is -2.34. The predicted molar refractivity (Wildman–Crippen MR) is 80.4 cm³/mol. The predicted octanol–water partition coefficient (Wildman–Crippen LogP) is 3.26. The van der Waals surface area contributed by atoms with Gasteiger partial charge in [0.15, 0.2) is 0 Å². The third-order valence-electron chi connectivity index (χ3n) is 4.21. The molecule has 1 aliphatic rings. The standard InChI is InChI=1S/C16H24FN3/c1-2-14-6-4-3-5-9-20(14)11-13-8-7-12(16(18)19)10-15(13)17/h7-8,10,14H,2-6,9,11H2,1H3,(H3,18,19). The number of benzene rings is 1. The molecule has 0 aromatic heterocycles. The van der Waals surface area contributed by atoms with Crippen LogP contribution in [0, 0.1) is 11.2 Å². The number of halogens is 1. The van der Waals surface area contributed by atoms with E-state index in [-0.39, 0.29) is 11.7 Å². The van der Waals surface area contributed by atoms with E-state index in [4.69, 9.17) is 11.1 Å². The van der Waals surface area contributed by atoms with Gasteiger partial charge in [-0.15, -0.1) is 0 Å². The summed E-state index contributed by atoms with van der Waals surface area (Å²) < 4.78 is 14.1. The fourth-order valence-corrected chi connectivity index (χ4v) is 2.97. The van der Waals surface area contributed by atoms with Crippen LogP contribution in [0.15, 0.2) is 18.2 Å². The molecule has 0 amide bonds. The molecule has 1 unspecified atom stereocenters. The van der Waals surface area contributed by atoms with E-state index in [1.807, 2.05) is 0 Å². The molecule has 1 heterocycles. The van der Waals surface area contributed by atoms with E-state index in [1.54, 1.807) is 12.1 Å². The maximum atomic E-state index is 14.1. The van der Waals surface area contributed by atoms with Gasteiger partial charge >= 0.3 is 0 Å². The Bertz CT molecular complexity index is 473. The zero-order chi connectivity index (χ0) is 14.5. The highest BCUT2D eigenvalue weighted by atomic mass is 19.1. The van der Waals surface area contributed by atoms with E-state index in [0.717, 1.165) is 13.0 Å². The molecule has 0 aliphatic carbocycles. The van der Waals surface area contributed by atoms with Gasteiger partial charge in [0, 0.05) is 23.7 Å². The highest BCUT2D eigenvalue weighted by molar-refractivity contribution is 5.94. The van der Waals surface area contributed by atoms with Crippen molar-refractivity contribution in [1.29, 1.82) is 5.41 Å². The van der Waals surface area contributed by atoms with Crippen LogP contribution >= 0.6 is 0 Å². The summed E-state index contributed by atoms with van der Waals surface area (Å²) in [5.41, 5.74) is 6.54. The first-order chi connectivity index (χ1) is 9.61. The second-order valence-electron chi connectivity index (χ2n) is 5.60. The lowest BCUT2D eigenvalue weighted by Gasteiger charge is -2.29. The van der Waals surface area contributed by atoms with Crippen LogP contribution in [0.4, 0.5) is 4.39 Å². The molecule has 1 fully saturated rings. The first-order valence-corrected chi connectivity index (χ1v) is 7.48. The summed E-state index contributed by atoms with van der Waals surface area (Å²) in [6.07, 6.45) is 6.08. The molecule has 4 heteroatoms. The molecule has 0 spiro atoms. The summed E-state index contributed by atoms with van der Waals surface area (Å²) in [6, 6.07) is 5.43. The average Bonchev–Trinajstić information content (AvgIpc) is 2.65. The van der Waals surface area contributed by atoms with Gasteiger partial charge in [-0.2, -0.15) is 0 Å². The van der Waals surface area contributed by atoms with Crippen molar-refractivity contribution < 1.29 is 4.39 Å². The minimum Gasteiger partial charge on any atom is -0.384 e.